The second-order valence-electron chi connectivity index (χ2n) is 18.1. The number of carbonyl (C=O) groups is 8. The Kier molecular flexibility index (Phi) is 40.2. The van der Waals surface area contributed by atoms with Crippen LogP contribution >= 0.6 is 0 Å². The van der Waals surface area contributed by atoms with E-state index in [9.17, 15) is 43.5 Å². The van der Waals surface area contributed by atoms with Crippen molar-refractivity contribution >= 4 is 53.2 Å². The number of nitrogens with two attached hydrogens (primary N) is 1. The molecule has 9 N–H and O–H groups in total. The van der Waals surface area contributed by atoms with E-state index in [1.165, 1.54) is 18.2 Å². The number of rotatable bonds is 51. The zero-order chi connectivity index (χ0) is 58.4. The van der Waals surface area contributed by atoms with Crippen LogP contribution in [0.1, 0.15) is 70.8 Å². The van der Waals surface area contributed by atoms with E-state index in [2.05, 4.69) is 26.6 Å². The number of hydrogen-bond acceptors (Lipinski definition) is 20. The van der Waals surface area contributed by atoms with E-state index in [0.29, 0.717) is 131 Å². The zero-order valence-corrected chi connectivity index (χ0v) is 46.5. The standard InChI is InChI=1S/C53H87N7O20/c1-3-55-46(62)9-6-16-57-51(67)43(58-47(63)10-7-17-60-49(65)13-14-50(60)66)8-4-5-15-56-48(64)39-79-33-32-77-29-28-75-25-24-73-21-20-71-18-19-72-22-23-74-26-27-76-30-31-78-34-35-80-53(70)59-44-38-41(11-12-45(44)61)37-42(54)36-40(2)52(68)69/h11-14,38,40,42-43,61H,3-10,15-37,39,54H2,1-2H3,(H,55,62)(H,56,64)(H,57,67)(H,58,63)(H,59,70)(H,68,69)/t40-,42+,43-/m0/s1. The molecule has 27 nitrogen and oxygen atoms in total. The summed E-state index contributed by atoms with van der Waals surface area (Å²) in [5, 5.41) is 32.7. The van der Waals surface area contributed by atoms with Crippen molar-refractivity contribution in [1.29, 1.82) is 0 Å². The molecule has 80 heavy (non-hydrogen) atoms. The van der Waals surface area contributed by atoms with E-state index in [1.54, 1.807) is 19.1 Å². The van der Waals surface area contributed by atoms with Crippen LogP contribution < -0.4 is 32.3 Å². The first-order chi connectivity index (χ1) is 38.7. The fourth-order valence-electron chi connectivity index (χ4n) is 7.22. The number of carboxylic acid groups (broad SMARTS) is 1. The Hall–Kier alpha value is -5.88. The number of phenolic OH excluding ortho intramolecular Hbond substituents is 1. The van der Waals surface area contributed by atoms with Crippen molar-refractivity contribution in [2.45, 2.75) is 83.7 Å². The monoisotopic (exact) mass is 1140 g/mol. The number of phenols is 1. The number of carbonyl (C=O) groups excluding carboxylic acids is 7. The predicted molar refractivity (Wildman–Crippen MR) is 288 cm³/mol. The molecule has 1 aromatic rings. The lowest BCUT2D eigenvalue weighted by Gasteiger charge is -2.19. The summed E-state index contributed by atoms with van der Waals surface area (Å²) >= 11 is 0. The van der Waals surface area contributed by atoms with Gasteiger partial charge in [-0.3, -0.25) is 43.8 Å². The van der Waals surface area contributed by atoms with Crippen molar-refractivity contribution < 1.29 is 95.9 Å². The molecule has 7 amide bonds. The van der Waals surface area contributed by atoms with Crippen LogP contribution in [-0.4, -0.2) is 226 Å². The lowest BCUT2D eigenvalue weighted by Crippen LogP contribution is -2.47. The molecule has 0 spiro atoms. The molecule has 3 atom stereocenters. The molecular formula is C53H87N7O20. The lowest BCUT2D eigenvalue weighted by atomic mass is 9.96. The zero-order valence-electron chi connectivity index (χ0n) is 46.5. The maximum atomic E-state index is 13.0. The Labute approximate surface area is 468 Å². The highest BCUT2D eigenvalue weighted by molar-refractivity contribution is 6.12. The SMILES string of the molecule is CCNC(=O)CCCNC(=O)[C@H](CCCCNC(=O)COCCOCCOCCOCCOCCOCCOCCOCCOCCOC(=O)Nc1cc(C[C@H](N)C[C@H](C)C(=O)O)ccc1O)NC(=O)CCCN1C(=O)C=CC1=O. The molecular weight excluding hydrogens is 1050 g/mol. The molecule has 0 fully saturated rings. The molecule has 0 aromatic heterocycles. The van der Waals surface area contributed by atoms with E-state index in [4.69, 9.17) is 58.2 Å². The van der Waals surface area contributed by atoms with Crippen molar-refractivity contribution in [2.75, 3.05) is 157 Å². The van der Waals surface area contributed by atoms with Gasteiger partial charge in [0.15, 0.2) is 0 Å². The fourth-order valence-corrected chi connectivity index (χ4v) is 7.22. The number of hydrogen-bond donors (Lipinski definition) is 8. The number of carboxylic acids is 1. The molecule has 454 valence electrons. The number of nitrogens with one attached hydrogen (secondary N) is 5. The molecule has 0 unspecified atom stereocenters. The number of aliphatic carboxylic acids is 1. The summed E-state index contributed by atoms with van der Waals surface area (Å²) < 4.78 is 54.3. The molecule has 1 aliphatic rings. The molecule has 0 aliphatic carbocycles. The van der Waals surface area contributed by atoms with Gasteiger partial charge in [-0.05, 0) is 69.6 Å². The summed E-state index contributed by atoms with van der Waals surface area (Å²) in [6, 6.07) is 3.38. The summed E-state index contributed by atoms with van der Waals surface area (Å²) in [4.78, 5) is 97.5. The van der Waals surface area contributed by atoms with Crippen LogP contribution in [0.2, 0.25) is 0 Å². The molecule has 1 aliphatic heterocycles. The van der Waals surface area contributed by atoms with E-state index < -0.39 is 53.7 Å². The maximum Gasteiger partial charge on any atom is 0.411 e. The van der Waals surface area contributed by atoms with Crippen LogP contribution in [0, 0.1) is 5.92 Å². The third kappa shape index (κ3) is 36.4. The maximum absolute atomic E-state index is 13.0. The highest BCUT2D eigenvalue weighted by atomic mass is 16.6. The summed E-state index contributed by atoms with van der Waals surface area (Å²) in [7, 11) is 0. The van der Waals surface area contributed by atoms with Gasteiger partial charge in [-0.15, -0.1) is 0 Å². The smallest absolute Gasteiger partial charge is 0.411 e. The Morgan fingerprint density at radius 3 is 1.64 bits per heavy atom. The number of imide groups is 1. The number of anilines is 1. The minimum Gasteiger partial charge on any atom is -0.506 e. The third-order valence-corrected chi connectivity index (χ3v) is 11.4. The minimum atomic E-state index is -0.923. The van der Waals surface area contributed by atoms with Gasteiger partial charge in [-0.25, -0.2) is 4.79 Å². The molecule has 27 heteroatoms. The largest absolute Gasteiger partial charge is 0.506 e. The lowest BCUT2D eigenvalue weighted by molar-refractivity contribution is -0.141. The first kappa shape index (κ1) is 70.2. The van der Waals surface area contributed by atoms with Crippen molar-refractivity contribution in [3.63, 3.8) is 0 Å². The average molecular weight is 1140 g/mol. The topological polar surface area (TPSA) is 359 Å². The van der Waals surface area contributed by atoms with Gasteiger partial charge in [0.1, 0.15) is 25.0 Å². The van der Waals surface area contributed by atoms with E-state index in [0.717, 1.165) is 10.5 Å². The first-order valence-corrected chi connectivity index (χ1v) is 27.3. The number of benzene rings is 1. The molecule has 2 rings (SSSR count). The van der Waals surface area contributed by atoms with Crippen molar-refractivity contribution in [2.24, 2.45) is 11.7 Å². The van der Waals surface area contributed by atoms with Crippen LogP contribution in [0.4, 0.5) is 10.5 Å². The summed E-state index contributed by atoms with van der Waals surface area (Å²) in [5.74, 6) is -3.74. The van der Waals surface area contributed by atoms with E-state index in [1.807, 2.05) is 6.92 Å². The summed E-state index contributed by atoms with van der Waals surface area (Å²) in [5.41, 5.74) is 6.94. The van der Waals surface area contributed by atoms with Gasteiger partial charge < -0.3 is 84.6 Å². The summed E-state index contributed by atoms with van der Waals surface area (Å²) in [6.07, 6.45) is 4.50. The number of nitrogens with zero attached hydrogens (tertiary/aromatic N) is 1. The Bertz CT molecular complexity index is 1960. The quantitative estimate of drug-likeness (QED) is 0.0251. The van der Waals surface area contributed by atoms with Gasteiger partial charge >= 0.3 is 12.1 Å². The van der Waals surface area contributed by atoms with Gasteiger partial charge in [-0.2, -0.15) is 0 Å². The highest BCUT2D eigenvalue weighted by Crippen LogP contribution is 2.25. The normalized spacial score (nSPS) is 13.2. The molecule has 1 aromatic carbocycles. The van der Waals surface area contributed by atoms with Crippen LogP contribution in [-0.2, 0) is 87.4 Å². The first-order valence-electron chi connectivity index (χ1n) is 27.3. The van der Waals surface area contributed by atoms with Crippen LogP contribution in [0.3, 0.4) is 0 Å². The van der Waals surface area contributed by atoms with Gasteiger partial charge in [-0.1, -0.05) is 13.0 Å². The van der Waals surface area contributed by atoms with Crippen LogP contribution in [0.5, 0.6) is 5.75 Å². The number of ether oxygens (including phenoxy) is 10. The van der Waals surface area contributed by atoms with Crippen molar-refractivity contribution in [3.05, 3.63) is 35.9 Å². The number of amides is 7. The minimum absolute atomic E-state index is 0.00436. The van der Waals surface area contributed by atoms with Gasteiger partial charge in [0, 0.05) is 57.2 Å². The van der Waals surface area contributed by atoms with Crippen LogP contribution in [0.25, 0.3) is 0 Å². The van der Waals surface area contributed by atoms with E-state index >= 15 is 0 Å². The molecule has 0 radical (unpaired) electrons. The summed E-state index contributed by atoms with van der Waals surface area (Å²) in [6.45, 7) is 10.3. The molecule has 0 saturated heterocycles. The number of unbranched alkanes of at least 4 members (excludes halogenated alkanes) is 1. The molecule has 0 saturated carbocycles. The second kappa shape index (κ2) is 45.8. The predicted octanol–water partition coefficient (Wildman–Crippen LogP) is 0.580. The Balaban J connectivity index is 1.33. The van der Waals surface area contributed by atoms with E-state index in [-0.39, 0.29) is 102 Å². The average Bonchev–Trinajstić information content (AvgIpc) is 3.75. The van der Waals surface area contributed by atoms with Crippen molar-refractivity contribution in [1.82, 2.24) is 26.2 Å². The number of aromatic hydroxyl groups is 1. The van der Waals surface area contributed by atoms with Crippen molar-refractivity contribution in [3.8, 4) is 5.75 Å². The van der Waals surface area contributed by atoms with Gasteiger partial charge in [0.05, 0.1) is 124 Å². The Morgan fingerprint density at radius 2 is 1.11 bits per heavy atom. The fraction of sp³-hybridized carbons (Fsp3) is 0.698. The third-order valence-electron chi connectivity index (χ3n) is 11.4. The van der Waals surface area contributed by atoms with Gasteiger partial charge in [0.25, 0.3) is 11.8 Å². The Morgan fingerprint density at radius 1 is 0.613 bits per heavy atom. The molecule has 0 bridgehead atoms. The second-order valence-corrected chi connectivity index (χ2v) is 18.1. The highest BCUT2D eigenvalue weighted by Gasteiger charge is 2.24. The van der Waals surface area contributed by atoms with Gasteiger partial charge in [0.2, 0.25) is 23.6 Å². The van der Waals surface area contributed by atoms with Crippen LogP contribution in [0.15, 0.2) is 30.4 Å². The molecule has 1 heterocycles.